The van der Waals surface area contributed by atoms with Crippen molar-refractivity contribution in [2.24, 2.45) is 5.14 Å². The van der Waals surface area contributed by atoms with Crippen molar-refractivity contribution in [3.05, 3.63) is 45.6 Å². The van der Waals surface area contributed by atoms with Crippen molar-refractivity contribution >= 4 is 54.6 Å². The summed E-state index contributed by atoms with van der Waals surface area (Å²) in [7, 11) is -3.98. The third-order valence-corrected chi connectivity index (χ3v) is 4.45. The predicted octanol–water partition coefficient (Wildman–Crippen LogP) is 3.21. The fourth-order valence-corrected chi connectivity index (χ4v) is 3.30. The molecular formula is C12H10BrClFN3O2S. The maximum Gasteiger partial charge on any atom is 0.240 e. The summed E-state index contributed by atoms with van der Waals surface area (Å²) in [6.07, 6.45) is 0. The van der Waals surface area contributed by atoms with Crippen LogP contribution < -0.4 is 16.2 Å². The minimum absolute atomic E-state index is 0.0825. The maximum absolute atomic E-state index is 13.2. The first kappa shape index (κ1) is 16.0. The molecule has 2 rings (SSSR count). The van der Waals surface area contributed by atoms with Gasteiger partial charge in [0.1, 0.15) is 10.7 Å². The number of anilines is 3. The Hall–Kier alpha value is -1.35. The molecule has 0 bridgehead atoms. The van der Waals surface area contributed by atoms with Crippen molar-refractivity contribution < 1.29 is 12.8 Å². The van der Waals surface area contributed by atoms with Crippen molar-refractivity contribution in [3.8, 4) is 0 Å². The number of halogens is 3. The Kier molecular flexibility index (Phi) is 4.43. The Balaban J connectivity index is 2.56. The minimum atomic E-state index is -3.98. The van der Waals surface area contributed by atoms with Crippen molar-refractivity contribution in [2.75, 3.05) is 11.1 Å². The molecule has 2 aromatic carbocycles. The Morgan fingerprint density at radius 2 is 1.90 bits per heavy atom. The zero-order valence-electron chi connectivity index (χ0n) is 10.4. The number of nitrogens with one attached hydrogen (secondary N) is 1. The normalized spacial score (nSPS) is 11.4. The van der Waals surface area contributed by atoms with E-state index >= 15 is 0 Å². The highest BCUT2D eigenvalue weighted by Crippen LogP contribution is 2.36. The molecule has 0 amide bonds. The van der Waals surface area contributed by atoms with E-state index in [1.54, 1.807) is 0 Å². The summed E-state index contributed by atoms with van der Waals surface area (Å²) in [5.74, 6) is -0.526. The first-order chi connectivity index (χ1) is 9.68. The van der Waals surface area contributed by atoms with Gasteiger partial charge in [0, 0.05) is 10.2 Å². The molecule has 0 radical (unpaired) electrons. The van der Waals surface area contributed by atoms with Gasteiger partial charge in [0.25, 0.3) is 0 Å². The summed E-state index contributed by atoms with van der Waals surface area (Å²) in [5, 5.41) is 8.04. The minimum Gasteiger partial charge on any atom is -0.399 e. The third-order valence-electron chi connectivity index (χ3n) is 2.58. The van der Waals surface area contributed by atoms with Gasteiger partial charge < -0.3 is 11.1 Å². The second-order valence-electron chi connectivity index (χ2n) is 4.17. The van der Waals surface area contributed by atoms with Crippen LogP contribution in [0.4, 0.5) is 21.5 Å². The van der Waals surface area contributed by atoms with Gasteiger partial charge in [-0.2, -0.15) is 0 Å². The maximum atomic E-state index is 13.2. The Labute approximate surface area is 134 Å². The summed E-state index contributed by atoms with van der Waals surface area (Å²) >= 11 is 9.10. The SMILES string of the molecule is Nc1ccc(Nc2c(Cl)cc(F)cc2Br)c(S(N)(=O)=O)c1. The molecule has 0 aliphatic heterocycles. The van der Waals surface area contributed by atoms with E-state index in [9.17, 15) is 12.8 Å². The van der Waals surface area contributed by atoms with Gasteiger partial charge in [-0.3, -0.25) is 0 Å². The number of rotatable bonds is 3. The highest BCUT2D eigenvalue weighted by molar-refractivity contribution is 9.10. The molecule has 0 unspecified atom stereocenters. The first-order valence-electron chi connectivity index (χ1n) is 5.52. The van der Waals surface area contributed by atoms with Gasteiger partial charge in [-0.15, -0.1) is 0 Å². The topological polar surface area (TPSA) is 98.2 Å². The molecular weight excluding hydrogens is 385 g/mol. The molecule has 0 aliphatic rings. The Bertz CT molecular complexity index is 791. The molecule has 5 nitrogen and oxygen atoms in total. The summed E-state index contributed by atoms with van der Waals surface area (Å²) in [6.45, 7) is 0. The summed E-state index contributed by atoms with van der Waals surface area (Å²) < 4.78 is 36.7. The number of benzene rings is 2. The van der Waals surface area contributed by atoms with E-state index in [4.69, 9.17) is 22.5 Å². The second kappa shape index (κ2) is 5.80. The van der Waals surface area contributed by atoms with Crippen molar-refractivity contribution in [3.63, 3.8) is 0 Å². The van der Waals surface area contributed by atoms with Crippen LogP contribution in [0.2, 0.25) is 5.02 Å². The zero-order chi connectivity index (χ0) is 15.8. The van der Waals surface area contributed by atoms with Crippen LogP contribution in [0.25, 0.3) is 0 Å². The third kappa shape index (κ3) is 3.65. The highest BCUT2D eigenvalue weighted by atomic mass is 79.9. The predicted molar refractivity (Wildman–Crippen MR) is 84.6 cm³/mol. The first-order valence-corrected chi connectivity index (χ1v) is 8.24. The van der Waals surface area contributed by atoms with Gasteiger partial charge in [-0.05, 0) is 46.3 Å². The van der Waals surface area contributed by atoms with E-state index < -0.39 is 15.8 Å². The van der Waals surface area contributed by atoms with Gasteiger partial charge in [0.2, 0.25) is 10.0 Å². The average Bonchev–Trinajstić information content (AvgIpc) is 2.34. The lowest BCUT2D eigenvalue weighted by Gasteiger charge is -2.14. The lowest BCUT2D eigenvalue weighted by molar-refractivity contribution is 0.598. The van der Waals surface area contributed by atoms with E-state index in [1.165, 1.54) is 24.3 Å². The van der Waals surface area contributed by atoms with E-state index in [-0.39, 0.29) is 21.3 Å². The van der Waals surface area contributed by atoms with Crippen LogP contribution in [0.3, 0.4) is 0 Å². The number of sulfonamides is 1. The molecule has 21 heavy (non-hydrogen) atoms. The second-order valence-corrected chi connectivity index (χ2v) is 6.96. The fraction of sp³-hybridized carbons (Fsp3) is 0. The molecule has 112 valence electrons. The molecule has 0 aromatic heterocycles. The molecule has 0 atom stereocenters. The molecule has 0 fully saturated rings. The number of primary sulfonamides is 1. The zero-order valence-corrected chi connectivity index (χ0v) is 13.6. The van der Waals surface area contributed by atoms with Gasteiger partial charge in [0.05, 0.1) is 16.4 Å². The van der Waals surface area contributed by atoms with E-state index in [0.717, 1.165) is 6.07 Å². The smallest absolute Gasteiger partial charge is 0.240 e. The monoisotopic (exact) mass is 393 g/mol. The van der Waals surface area contributed by atoms with Crippen LogP contribution in [0, 0.1) is 5.82 Å². The van der Waals surface area contributed by atoms with Crippen molar-refractivity contribution in [2.45, 2.75) is 4.90 Å². The number of nitrogen functional groups attached to an aromatic ring is 1. The molecule has 0 saturated heterocycles. The molecule has 9 heteroatoms. The van der Waals surface area contributed by atoms with Crippen LogP contribution in [0.1, 0.15) is 0 Å². The standard InChI is InChI=1S/C12H10BrClFN3O2S/c13-8-3-6(15)4-9(14)12(8)18-10-2-1-7(16)5-11(10)21(17,19)20/h1-5,18H,16H2,(H2,17,19,20). The van der Waals surface area contributed by atoms with Crippen molar-refractivity contribution in [1.29, 1.82) is 0 Å². The van der Waals surface area contributed by atoms with Gasteiger partial charge in [0.15, 0.2) is 0 Å². The Morgan fingerprint density at radius 3 is 2.48 bits per heavy atom. The van der Waals surface area contributed by atoms with E-state index in [2.05, 4.69) is 21.2 Å². The number of hydrogen-bond donors (Lipinski definition) is 3. The van der Waals surface area contributed by atoms with Crippen LogP contribution in [0.15, 0.2) is 39.7 Å². The molecule has 0 aliphatic carbocycles. The summed E-state index contributed by atoms with van der Waals surface area (Å²) in [6, 6.07) is 6.47. The lowest BCUT2D eigenvalue weighted by Crippen LogP contribution is -2.14. The summed E-state index contributed by atoms with van der Waals surface area (Å²) in [5.41, 5.74) is 6.30. The van der Waals surface area contributed by atoms with Crippen LogP contribution in [0.5, 0.6) is 0 Å². The van der Waals surface area contributed by atoms with Gasteiger partial charge >= 0.3 is 0 Å². The van der Waals surface area contributed by atoms with E-state index in [1.807, 2.05) is 0 Å². The number of nitrogens with two attached hydrogens (primary N) is 2. The number of hydrogen-bond acceptors (Lipinski definition) is 4. The summed E-state index contributed by atoms with van der Waals surface area (Å²) in [4.78, 5) is -0.185. The van der Waals surface area contributed by atoms with Crippen LogP contribution in [-0.2, 0) is 10.0 Å². The molecule has 0 heterocycles. The molecule has 0 saturated carbocycles. The fourth-order valence-electron chi connectivity index (χ4n) is 1.67. The largest absolute Gasteiger partial charge is 0.399 e. The average molecular weight is 395 g/mol. The van der Waals surface area contributed by atoms with Gasteiger partial charge in [-0.25, -0.2) is 17.9 Å². The van der Waals surface area contributed by atoms with Crippen LogP contribution in [-0.4, -0.2) is 8.42 Å². The molecule has 0 spiro atoms. The Morgan fingerprint density at radius 1 is 1.24 bits per heavy atom. The quantitative estimate of drug-likeness (QED) is 0.696. The highest BCUT2D eigenvalue weighted by Gasteiger charge is 2.17. The lowest BCUT2D eigenvalue weighted by atomic mass is 10.2. The van der Waals surface area contributed by atoms with Gasteiger partial charge in [-0.1, -0.05) is 11.6 Å². The molecule has 2 aromatic rings. The van der Waals surface area contributed by atoms with Crippen molar-refractivity contribution in [1.82, 2.24) is 0 Å². The van der Waals surface area contributed by atoms with Crippen LogP contribution >= 0.6 is 27.5 Å². The molecule has 5 N–H and O–H groups in total. The van der Waals surface area contributed by atoms with E-state index in [0.29, 0.717) is 10.2 Å².